The highest BCUT2D eigenvalue weighted by molar-refractivity contribution is 5.77. The Morgan fingerprint density at radius 1 is 1.10 bits per heavy atom. The number of aliphatic hydroxyl groups is 1. The Hall–Kier alpha value is -1.88. The van der Waals surface area contributed by atoms with Crippen molar-refractivity contribution in [3.63, 3.8) is 0 Å². The Morgan fingerprint density at radius 3 is 2.29 bits per heavy atom. The van der Waals surface area contributed by atoms with Gasteiger partial charge in [-0.3, -0.25) is 9.59 Å². The van der Waals surface area contributed by atoms with Gasteiger partial charge in [-0.2, -0.15) is 0 Å². The standard InChI is InChI=1S/C16H21NO4/c18-14(7-4-8-15(19)20)17-11-9-16(21,10-12-17)13-5-2-1-3-6-13/h1-3,5-6,21H,4,7-12H2,(H,19,20). The lowest BCUT2D eigenvalue weighted by Gasteiger charge is -2.38. The van der Waals surface area contributed by atoms with Gasteiger partial charge in [-0.05, 0) is 24.8 Å². The molecule has 1 amide bonds. The van der Waals surface area contributed by atoms with E-state index < -0.39 is 11.6 Å². The Bertz CT molecular complexity index is 492. The SMILES string of the molecule is O=C(O)CCCC(=O)N1CCC(O)(c2ccccc2)CC1. The van der Waals surface area contributed by atoms with Crippen LogP contribution in [0, 0.1) is 0 Å². The van der Waals surface area contributed by atoms with Crippen LogP contribution in [0.4, 0.5) is 0 Å². The molecule has 1 aromatic rings. The molecule has 2 N–H and O–H groups in total. The summed E-state index contributed by atoms with van der Waals surface area (Å²) in [6.45, 7) is 1.02. The second kappa shape index (κ2) is 6.72. The molecule has 0 aromatic heterocycles. The predicted molar refractivity (Wildman–Crippen MR) is 77.6 cm³/mol. The number of nitrogens with zero attached hydrogens (tertiary/aromatic N) is 1. The minimum atomic E-state index is -0.875. The van der Waals surface area contributed by atoms with Gasteiger partial charge in [0.1, 0.15) is 0 Å². The number of piperidine rings is 1. The van der Waals surface area contributed by atoms with Crippen molar-refractivity contribution in [2.75, 3.05) is 13.1 Å². The summed E-state index contributed by atoms with van der Waals surface area (Å²) in [7, 11) is 0. The second-order valence-electron chi connectivity index (χ2n) is 5.53. The van der Waals surface area contributed by atoms with Crippen molar-refractivity contribution in [1.29, 1.82) is 0 Å². The smallest absolute Gasteiger partial charge is 0.303 e. The molecule has 114 valence electrons. The predicted octanol–water partition coefficient (Wildman–Crippen LogP) is 1.75. The number of carboxylic acids is 1. The van der Waals surface area contributed by atoms with Gasteiger partial charge >= 0.3 is 5.97 Å². The van der Waals surface area contributed by atoms with Gasteiger partial charge in [0.15, 0.2) is 0 Å². The number of carbonyl (C=O) groups is 2. The normalized spacial score (nSPS) is 17.5. The van der Waals surface area contributed by atoms with Crippen LogP contribution < -0.4 is 0 Å². The van der Waals surface area contributed by atoms with Crippen LogP contribution in [0.3, 0.4) is 0 Å². The van der Waals surface area contributed by atoms with E-state index in [1.54, 1.807) is 4.90 Å². The summed E-state index contributed by atoms with van der Waals surface area (Å²) >= 11 is 0. The molecule has 21 heavy (non-hydrogen) atoms. The molecule has 1 saturated heterocycles. The lowest BCUT2D eigenvalue weighted by molar-refractivity contribution is -0.138. The second-order valence-corrected chi connectivity index (χ2v) is 5.53. The van der Waals surface area contributed by atoms with Crippen LogP contribution >= 0.6 is 0 Å². The van der Waals surface area contributed by atoms with Crippen molar-refractivity contribution in [2.45, 2.75) is 37.7 Å². The molecule has 1 aromatic carbocycles. The third kappa shape index (κ3) is 4.04. The summed E-state index contributed by atoms with van der Waals surface area (Å²) in [5, 5.41) is 19.2. The number of amides is 1. The van der Waals surface area contributed by atoms with E-state index in [0.29, 0.717) is 32.4 Å². The fraction of sp³-hybridized carbons (Fsp3) is 0.500. The van der Waals surface area contributed by atoms with Crippen molar-refractivity contribution < 1.29 is 19.8 Å². The summed E-state index contributed by atoms with van der Waals surface area (Å²) in [4.78, 5) is 24.1. The van der Waals surface area contributed by atoms with E-state index in [4.69, 9.17) is 5.11 Å². The van der Waals surface area contributed by atoms with Gasteiger partial charge in [-0.15, -0.1) is 0 Å². The molecule has 0 spiro atoms. The van der Waals surface area contributed by atoms with E-state index in [2.05, 4.69) is 0 Å². The highest BCUT2D eigenvalue weighted by Gasteiger charge is 2.34. The third-order valence-electron chi connectivity index (χ3n) is 4.04. The molecular weight excluding hydrogens is 270 g/mol. The number of likely N-dealkylation sites (tertiary alicyclic amines) is 1. The largest absolute Gasteiger partial charge is 0.481 e. The van der Waals surface area contributed by atoms with Gasteiger partial charge < -0.3 is 15.1 Å². The van der Waals surface area contributed by atoms with E-state index in [0.717, 1.165) is 5.56 Å². The first-order valence-corrected chi connectivity index (χ1v) is 7.29. The maximum absolute atomic E-state index is 12.0. The summed E-state index contributed by atoms with van der Waals surface area (Å²) in [6, 6.07) is 9.52. The topological polar surface area (TPSA) is 77.8 Å². The van der Waals surface area contributed by atoms with E-state index in [1.165, 1.54) is 0 Å². The number of carbonyl (C=O) groups excluding carboxylic acids is 1. The minimum Gasteiger partial charge on any atom is -0.481 e. The lowest BCUT2D eigenvalue weighted by Crippen LogP contribution is -2.45. The van der Waals surface area contributed by atoms with Crippen molar-refractivity contribution in [3.05, 3.63) is 35.9 Å². The average Bonchev–Trinajstić information content (AvgIpc) is 2.48. The zero-order valence-electron chi connectivity index (χ0n) is 12.0. The molecular formula is C16H21NO4. The van der Waals surface area contributed by atoms with Gasteiger partial charge in [0, 0.05) is 25.9 Å². The molecule has 0 saturated carbocycles. The number of hydrogen-bond donors (Lipinski definition) is 2. The molecule has 0 unspecified atom stereocenters. The zero-order valence-corrected chi connectivity index (χ0v) is 12.0. The highest BCUT2D eigenvalue weighted by Crippen LogP contribution is 2.32. The van der Waals surface area contributed by atoms with Crippen molar-refractivity contribution in [3.8, 4) is 0 Å². The number of benzene rings is 1. The van der Waals surface area contributed by atoms with Crippen molar-refractivity contribution in [2.24, 2.45) is 0 Å². The molecule has 0 radical (unpaired) electrons. The van der Waals surface area contributed by atoms with Gasteiger partial charge in [-0.25, -0.2) is 0 Å². The first-order chi connectivity index (χ1) is 10.0. The zero-order chi connectivity index (χ0) is 15.3. The number of hydrogen-bond acceptors (Lipinski definition) is 3. The molecule has 5 heteroatoms. The Balaban J connectivity index is 1.85. The fourth-order valence-electron chi connectivity index (χ4n) is 2.71. The molecule has 0 atom stereocenters. The maximum Gasteiger partial charge on any atom is 0.303 e. The summed E-state index contributed by atoms with van der Waals surface area (Å²) in [6.07, 6.45) is 1.68. The van der Waals surface area contributed by atoms with Crippen LogP contribution in [0.25, 0.3) is 0 Å². The molecule has 1 aliphatic rings. The Morgan fingerprint density at radius 2 is 1.71 bits per heavy atom. The first-order valence-electron chi connectivity index (χ1n) is 7.29. The first kappa shape index (κ1) is 15.5. The quantitative estimate of drug-likeness (QED) is 0.866. The van der Waals surface area contributed by atoms with Crippen LogP contribution in [0.1, 0.15) is 37.7 Å². The number of aliphatic carboxylic acids is 1. The highest BCUT2D eigenvalue weighted by atomic mass is 16.4. The molecule has 0 bridgehead atoms. The summed E-state index contributed by atoms with van der Waals surface area (Å²) in [5.41, 5.74) is 0.0296. The molecule has 1 fully saturated rings. The van der Waals surface area contributed by atoms with Crippen LogP contribution in [0.5, 0.6) is 0 Å². The number of rotatable bonds is 5. The fourth-order valence-corrected chi connectivity index (χ4v) is 2.71. The lowest BCUT2D eigenvalue weighted by atomic mass is 9.84. The van der Waals surface area contributed by atoms with Gasteiger partial charge in [0.05, 0.1) is 5.60 Å². The maximum atomic E-state index is 12.0. The third-order valence-corrected chi connectivity index (χ3v) is 4.04. The van der Waals surface area contributed by atoms with E-state index >= 15 is 0 Å². The van der Waals surface area contributed by atoms with Crippen molar-refractivity contribution >= 4 is 11.9 Å². The summed E-state index contributed by atoms with van der Waals surface area (Å²) < 4.78 is 0. The van der Waals surface area contributed by atoms with E-state index in [1.807, 2.05) is 30.3 Å². The molecule has 1 aliphatic heterocycles. The van der Waals surface area contributed by atoms with E-state index in [9.17, 15) is 14.7 Å². The Labute approximate surface area is 124 Å². The van der Waals surface area contributed by atoms with Crippen LogP contribution in [-0.4, -0.2) is 40.1 Å². The van der Waals surface area contributed by atoms with Crippen LogP contribution in [0.15, 0.2) is 30.3 Å². The molecule has 1 heterocycles. The Kier molecular flexibility index (Phi) is 4.96. The van der Waals surface area contributed by atoms with Gasteiger partial charge in [-0.1, -0.05) is 30.3 Å². The molecule has 2 rings (SSSR count). The molecule has 5 nitrogen and oxygen atoms in total. The van der Waals surface area contributed by atoms with Gasteiger partial charge in [0.25, 0.3) is 0 Å². The van der Waals surface area contributed by atoms with Crippen LogP contribution in [-0.2, 0) is 15.2 Å². The van der Waals surface area contributed by atoms with Gasteiger partial charge in [0.2, 0.25) is 5.91 Å². The minimum absolute atomic E-state index is 0.0214. The molecule has 0 aliphatic carbocycles. The summed E-state index contributed by atoms with van der Waals surface area (Å²) in [5.74, 6) is -0.897. The average molecular weight is 291 g/mol. The monoisotopic (exact) mass is 291 g/mol. The van der Waals surface area contributed by atoms with Crippen LogP contribution in [0.2, 0.25) is 0 Å². The number of carboxylic acid groups (broad SMARTS) is 1. The van der Waals surface area contributed by atoms with E-state index in [-0.39, 0.29) is 18.7 Å². The van der Waals surface area contributed by atoms with Crippen molar-refractivity contribution in [1.82, 2.24) is 4.90 Å².